The molecule has 3 rings (SSSR count). The number of likely N-dealkylation sites (tertiary alicyclic amines) is 1. The van der Waals surface area contributed by atoms with Gasteiger partial charge in [-0.15, -0.1) is 0 Å². The molecule has 1 aromatic heterocycles. The lowest BCUT2D eigenvalue weighted by Crippen LogP contribution is -2.44. The van der Waals surface area contributed by atoms with E-state index in [9.17, 15) is 9.59 Å². The molecule has 1 aromatic carbocycles. The highest BCUT2D eigenvalue weighted by atomic mass is 16.4. The number of aryl methyl sites for hydroxylation is 1. The Hall–Kier alpha value is -2.37. The van der Waals surface area contributed by atoms with E-state index in [-0.39, 0.29) is 6.04 Å². The van der Waals surface area contributed by atoms with Crippen LogP contribution in [-0.2, 0) is 16.6 Å². The van der Waals surface area contributed by atoms with Crippen LogP contribution in [0, 0.1) is 5.92 Å². The lowest BCUT2D eigenvalue weighted by atomic mass is 9.89. The van der Waals surface area contributed by atoms with Gasteiger partial charge in [-0.1, -0.05) is 13.0 Å². The monoisotopic (exact) mass is 301 g/mol. The van der Waals surface area contributed by atoms with Gasteiger partial charge in [-0.2, -0.15) is 5.10 Å². The minimum Gasteiger partial charge on any atom is -0.474 e. The second-order valence-electron chi connectivity index (χ2n) is 6.05. The van der Waals surface area contributed by atoms with E-state index in [0.717, 1.165) is 29.3 Å². The van der Waals surface area contributed by atoms with E-state index in [0.29, 0.717) is 12.5 Å². The number of amides is 1. The van der Waals surface area contributed by atoms with E-state index in [4.69, 9.17) is 5.11 Å². The predicted octanol–water partition coefficient (Wildman–Crippen LogP) is 1.96. The van der Waals surface area contributed by atoms with Crippen molar-refractivity contribution in [3.63, 3.8) is 0 Å². The lowest BCUT2D eigenvalue weighted by molar-refractivity contribution is -0.158. The Labute approximate surface area is 128 Å². The van der Waals surface area contributed by atoms with Crippen molar-refractivity contribution >= 4 is 22.8 Å². The maximum Gasteiger partial charge on any atom is 0.394 e. The molecule has 2 heterocycles. The third-order valence-electron chi connectivity index (χ3n) is 4.42. The molecule has 1 aliphatic heterocycles. The van der Waals surface area contributed by atoms with Gasteiger partial charge in [-0.05, 0) is 36.5 Å². The summed E-state index contributed by atoms with van der Waals surface area (Å²) in [6.45, 7) is 2.53. The van der Waals surface area contributed by atoms with E-state index in [1.165, 1.54) is 4.90 Å². The summed E-state index contributed by atoms with van der Waals surface area (Å²) in [4.78, 5) is 24.6. The number of aromatic nitrogens is 2. The molecule has 0 spiro atoms. The van der Waals surface area contributed by atoms with Crippen LogP contribution in [0.4, 0.5) is 0 Å². The summed E-state index contributed by atoms with van der Waals surface area (Å²) in [7, 11) is 1.88. The highest BCUT2D eigenvalue weighted by Crippen LogP contribution is 2.34. The molecule has 0 radical (unpaired) electrons. The Morgan fingerprint density at radius 2 is 2.09 bits per heavy atom. The summed E-state index contributed by atoms with van der Waals surface area (Å²) in [6.07, 6.45) is 3.55. The summed E-state index contributed by atoms with van der Waals surface area (Å²) in [5.41, 5.74) is 1.99. The standard InChI is InChI=1S/C16H19N3O3/c1-10-3-5-14(19(9-10)15(20)16(21)22)11-4-6-13-12(7-11)8-17-18(13)2/h4,6-8,10,14H,3,5,9H2,1-2H3,(H,21,22). The predicted molar refractivity (Wildman–Crippen MR) is 81.2 cm³/mol. The number of fused-ring (bicyclic) bond motifs is 1. The fraction of sp³-hybridized carbons (Fsp3) is 0.438. The second kappa shape index (κ2) is 5.44. The molecule has 22 heavy (non-hydrogen) atoms. The van der Waals surface area contributed by atoms with Crippen molar-refractivity contribution in [2.24, 2.45) is 13.0 Å². The third kappa shape index (κ3) is 2.45. The molecule has 1 amide bonds. The summed E-state index contributed by atoms with van der Waals surface area (Å²) in [5, 5.41) is 14.3. The SMILES string of the molecule is CC1CCC(c2ccc3c(cnn3C)c2)N(C(=O)C(=O)O)C1. The number of benzene rings is 1. The highest BCUT2D eigenvalue weighted by Gasteiger charge is 2.34. The number of carbonyl (C=O) groups excluding carboxylic acids is 1. The van der Waals surface area contributed by atoms with Crippen molar-refractivity contribution in [3.8, 4) is 0 Å². The molecule has 1 aliphatic rings. The lowest BCUT2D eigenvalue weighted by Gasteiger charge is -2.38. The van der Waals surface area contributed by atoms with Crippen LogP contribution in [0.25, 0.3) is 10.9 Å². The number of piperidine rings is 1. The molecule has 0 aliphatic carbocycles. The highest BCUT2D eigenvalue weighted by molar-refractivity contribution is 6.31. The quantitative estimate of drug-likeness (QED) is 0.817. The molecule has 116 valence electrons. The number of nitrogens with zero attached hydrogens (tertiary/aromatic N) is 3. The maximum atomic E-state index is 12.0. The summed E-state index contributed by atoms with van der Waals surface area (Å²) in [5.74, 6) is -1.88. The van der Waals surface area contributed by atoms with Crippen molar-refractivity contribution in [2.75, 3.05) is 6.54 Å². The normalized spacial score (nSPS) is 22.0. The number of carboxylic acid groups (broad SMARTS) is 1. The van der Waals surface area contributed by atoms with Gasteiger partial charge < -0.3 is 10.0 Å². The van der Waals surface area contributed by atoms with Crippen molar-refractivity contribution in [2.45, 2.75) is 25.8 Å². The minimum atomic E-state index is -1.39. The smallest absolute Gasteiger partial charge is 0.394 e. The molecule has 1 N–H and O–H groups in total. The molecule has 6 heteroatoms. The van der Waals surface area contributed by atoms with Gasteiger partial charge in [0.1, 0.15) is 0 Å². The first-order valence-electron chi connectivity index (χ1n) is 7.43. The van der Waals surface area contributed by atoms with Gasteiger partial charge >= 0.3 is 11.9 Å². The van der Waals surface area contributed by atoms with E-state index in [2.05, 4.69) is 5.10 Å². The van der Waals surface area contributed by atoms with Crippen LogP contribution in [0.2, 0.25) is 0 Å². The molecule has 0 bridgehead atoms. The second-order valence-corrected chi connectivity index (χ2v) is 6.05. The summed E-state index contributed by atoms with van der Waals surface area (Å²) < 4.78 is 1.79. The van der Waals surface area contributed by atoms with Crippen LogP contribution < -0.4 is 0 Å². The van der Waals surface area contributed by atoms with Crippen LogP contribution in [0.1, 0.15) is 31.4 Å². The van der Waals surface area contributed by atoms with Crippen molar-refractivity contribution in [1.29, 1.82) is 0 Å². The topological polar surface area (TPSA) is 75.4 Å². The maximum absolute atomic E-state index is 12.0. The largest absolute Gasteiger partial charge is 0.474 e. The van der Waals surface area contributed by atoms with Crippen LogP contribution in [0.5, 0.6) is 0 Å². The van der Waals surface area contributed by atoms with E-state index >= 15 is 0 Å². The van der Waals surface area contributed by atoms with Gasteiger partial charge in [-0.3, -0.25) is 9.48 Å². The van der Waals surface area contributed by atoms with Gasteiger partial charge in [0.15, 0.2) is 0 Å². The van der Waals surface area contributed by atoms with Crippen molar-refractivity contribution < 1.29 is 14.7 Å². The molecule has 6 nitrogen and oxygen atoms in total. The zero-order valence-electron chi connectivity index (χ0n) is 12.7. The molecular weight excluding hydrogens is 282 g/mol. The number of hydrogen-bond acceptors (Lipinski definition) is 3. The zero-order chi connectivity index (χ0) is 15.9. The number of carboxylic acids is 1. The zero-order valence-corrected chi connectivity index (χ0v) is 12.7. The molecule has 1 saturated heterocycles. The Morgan fingerprint density at radius 3 is 2.82 bits per heavy atom. The fourth-order valence-electron chi connectivity index (χ4n) is 3.24. The Kier molecular flexibility index (Phi) is 3.60. The number of hydrogen-bond donors (Lipinski definition) is 1. The average molecular weight is 301 g/mol. The van der Waals surface area contributed by atoms with Gasteiger partial charge in [0.05, 0.1) is 17.8 Å². The molecule has 2 aromatic rings. The molecular formula is C16H19N3O3. The first kappa shape index (κ1) is 14.6. The van der Waals surface area contributed by atoms with Crippen LogP contribution >= 0.6 is 0 Å². The summed E-state index contributed by atoms with van der Waals surface area (Å²) in [6, 6.07) is 5.77. The molecule has 1 fully saturated rings. The van der Waals surface area contributed by atoms with Crippen LogP contribution in [-0.4, -0.2) is 38.2 Å². The summed E-state index contributed by atoms with van der Waals surface area (Å²) >= 11 is 0. The third-order valence-corrected chi connectivity index (χ3v) is 4.42. The Bertz CT molecular complexity index is 737. The van der Waals surface area contributed by atoms with Gasteiger partial charge in [0, 0.05) is 19.0 Å². The van der Waals surface area contributed by atoms with E-state index < -0.39 is 11.9 Å². The van der Waals surface area contributed by atoms with E-state index in [1.807, 2.05) is 32.2 Å². The first-order chi connectivity index (χ1) is 10.5. The van der Waals surface area contributed by atoms with Crippen LogP contribution in [0.15, 0.2) is 24.4 Å². The Morgan fingerprint density at radius 1 is 1.32 bits per heavy atom. The number of rotatable bonds is 1. The van der Waals surface area contributed by atoms with Crippen molar-refractivity contribution in [1.82, 2.24) is 14.7 Å². The average Bonchev–Trinajstić information content (AvgIpc) is 2.87. The fourth-order valence-corrected chi connectivity index (χ4v) is 3.24. The molecule has 2 unspecified atom stereocenters. The number of aliphatic carboxylic acids is 1. The number of carbonyl (C=O) groups is 2. The van der Waals surface area contributed by atoms with E-state index in [1.54, 1.807) is 10.9 Å². The molecule has 2 atom stereocenters. The van der Waals surface area contributed by atoms with Crippen molar-refractivity contribution in [3.05, 3.63) is 30.0 Å². The minimum absolute atomic E-state index is 0.176. The Balaban J connectivity index is 1.98. The van der Waals surface area contributed by atoms with Gasteiger partial charge in [0.2, 0.25) is 0 Å². The van der Waals surface area contributed by atoms with Gasteiger partial charge in [-0.25, -0.2) is 4.79 Å². The van der Waals surface area contributed by atoms with Crippen LogP contribution in [0.3, 0.4) is 0 Å². The molecule has 0 saturated carbocycles. The first-order valence-corrected chi connectivity index (χ1v) is 7.43. The van der Waals surface area contributed by atoms with Gasteiger partial charge in [0.25, 0.3) is 0 Å².